The van der Waals surface area contributed by atoms with Crippen LogP contribution in [0.1, 0.15) is 50.8 Å². The summed E-state index contributed by atoms with van der Waals surface area (Å²) in [6.07, 6.45) is 1.26. The summed E-state index contributed by atoms with van der Waals surface area (Å²) in [4.78, 5) is 2.32. The Kier molecular flexibility index (Phi) is 7.63. The first-order valence-corrected chi connectivity index (χ1v) is 7.76. The first kappa shape index (κ1) is 17.0. The van der Waals surface area contributed by atoms with Crippen molar-refractivity contribution in [2.45, 2.75) is 46.6 Å². The molecule has 1 rings (SSSR count). The summed E-state index contributed by atoms with van der Waals surface area (Å²) in [5.74, 6) is 0.824. The monoisotopic (exact) mass is 279 g/mol. The van der Waals surface area contributed by atoms with Crippen molar-refractivity contribution in [3.05, 3.63) is 29.3 Å². The van der Waals surface area contributed by atoms with Crippen molar-refractivity contribution in [1.29, 1.82) is 0 Å². The third-order valence-electron chi connectivity index (χ3n) is 3.60. The molecule has 20 heavy (non-hydrogen) atoms. The van der Waals surface area contributed by atoms with Gasteiger partial charge in [0.05, 0.1) is 12.7 Å². The zero-order valence-electron chi connectivity index (χ0n) is 13.4. The molecule has 1 aromatic rings. The lowest BCUT2D eigenvalue weighted by Gasteiger charge is -2.21. The number of ether oxygens (including phenoxy) is 1. The Labute approximate surface area is 123 Å². The molecule has 0 heterocycles. The van der Waals surface area contributed by atoms with Gasteiger partial charge < -0.3 is 14.7 Å². The van der Waals surface area contributed by atoms with Gasteiger partial charge in [0.2, 0.25) is 0 Å². The summed E-state index contributed by atoms with van der Waals surface area (Å²) in [7, 11) is 0. The molecular weight excluding hydrogens is 250 g/mol. The van der Waals surface area contributed by atoms with E-state index in [1.54, 1.807) is 0 Å². The van der Waals surface area contributed by atoms with Crippen LogP contribution in [0.2, 0.25) is 0 Å². The van der Waals surface area contributed by atoms with Gasteiger partial charge in [0.1, 0.15) is 5.75 Å². The van der Waals surface area contributed by atoms with E-state index in [9.17, 15) is 5.11 Å². The normalized spacial score (nSPS) is 12.7. The van der Waals surface area contributed by atoms with Gasteiger partial charge in [-0.1, -0.05) is 32.4 Å². The fourth-order valence-electron chi connectivity index (χ4n) is 2.27. The first-order valence-electron chi connectivity index (χ1n) is 7.76. The van der Waals surface area contributed by atoms with Gasteiger partial charge in [-0.15, -0.1) is 0 Å². The highest BCUT2D eigenvalue weighted by molar-refractivity contribution is 5.38. The van der Waals surface area contributed by atoms with E-state index in [1.807, 2.05) is 25.1 Å². The first-order chi connectivity index (χ1) is 9.62. The Morgan fingerprint density at radius 1 is 1.20 bits per heavy atom. The molecule has 1 aromatic carbocycles. The summed E-state index contributed by atoms with van der Waals surface area (Å²) >= 11 is 0. The highest BCUT2D eigenvalue weighted by Gasteiger charge is 2.15. The lowest BCUT2D eigenvalue weighted by molar-refractivity contribution is 0.140. The zero-order valence-corrected chi connectivity index (χ0v) is 13.4. The van der Waals surface area contributed by atoms with Gasteiger partial charge >= 0.3 is 0 Å². The van der Waals surface area contributed by atoms with E-state index in [-0.39, 0.29) is 0 Å². The lowest BCUT2D eigenvalue weighted by atomic mass is 10.0. The smallest absolute Gasteiger partial charge is 0.125 e. The van der Waals surface area contributed by atoms with Crippen LogP contribution >= 0.6 is 0 Å². The molecule has 1 N–H and O–H groups in total. The number of hydrogen-bond donors (Lipinski definition) is 1. The molecule has 0 amide bonds. The quantitative estimate of drug-likeness (QED) is 0.750. The maximum Gasteiger partial charge on any atom is 0.125 e. The molecule has 0 radical (unpaired) electrons. The number of aliphatic hydroxyl groups is 1. The summed E-state index contributed by atoms with van der Waals surface area (Å²) < 4.78 is 5.75. The fraction of sp³-hybridized carbons (Fsp3) is 0.647. The number of aryl methyl sites for hydroxylation is 1. The third kappa shape index (κ3) is 5.14. The van der Waals surface area contributed by atoms with Crippen molar-refractivity contribution in [3.63, 3.8) is 0 Å². The Hall–Kier alpha value is -1.06. The number of hydrogen-bond acceptors (Lipinski definition) is 3. The maximum absolute atomic E-state index is 10.5. The van der Waals surface area contributed by atoms with Crippen molar-refractivity contribution in [1.82, 2.24) is 4.90 Å². The maximum atomic E-state index is 10.5. The minimum atomic E-state index is -0.456. The molecule has 3 heteroatoms. The summed E-state index contributed by atoms with van der Waals surface area (Å²) in [6.45, 7) is 12.1. The molecule has 0 saturated carbocycles. The summed E-state index contributed by atoms with van der Waals surface area (Å²) in [6, 6.07) is 6.05. The van der Waals surface area contributed by atoms with Gasteiger partial charge in [0.25, 0.3) is 0 Å². The van der Waals surface area contributed by atoms with Gasteiger partial charge in [-0.05, 0) is 45.0 Å². The Bertz CT molecular complexity index is 389. The van der Waals surface area contributed by atoms with E-state index in [2.05, 4.69) is 25.7 Å². The number of benzene rings is 1. The predicted octanol–water partition coefficient (Wildman–Crippen LogP) is 3.55. The van der Waals surface area contributed by atoms with Crippen molar-refractivity contribution in [3.8, 4) is 5.75 Å². The highest BCUT2D eigenvalue weighted by Crippen LogP contribution is 2.28. The van der Waals surface area contributed by atoms with Crippen molar-refractivity contribution in [2.75, 3.05) is 26.2 Å². The second-order valence-electron chi connectivity index (χ2n) is 5.22. The van der Waals surface area contributed by atoms with Crippen LogP contribution < -0.4 is 4.74 Å². The van der Waals surface area contributed by atoms with Crippen LogP contribution in [0.15, 0.2) is 18.2 Å². The van der Waals surface area contributed by atoms with Crippen molar-refractivity contribution < 1.29 is 9.84 Å². The molecule has 0 spiro atoms. The molecule has 0 bridgehead atoms. The van der Waals surface area contributed by atoms with Crippen LogP contribution in [-0.2, 0) is 0 Å². The zero-order chi connectivity index (χ0) is 15.0. The van der Waals surface area contributed by atoms with E-state index in [1.165, 1.54) is 0 Å². The van der Waals surface area contributed by atoms with Gasteiger partial charge in [0, 0.05) is 12.1 Å². The molecule has 0 aliphatic heterocycles. The van der Waals surface area contributed by atoms with Gasteiger partial charge in [-0.2, -0.15) is 0 Å². The van der Waals surface area contributed by atoms with E-state index < -0.39 is 6.10 Å². The van der Waals surface area contributed by atoms with E-state index >= 15 is 0 Å². The van der Waals surface area contributed by atoms with Crippen LogP contribution in [-0.4, -0.2) is 36.2 Å². The summed E-state index contributed by atoms with van der Waals surface area (Å²) in [5.41, 5.74) is 2.08. The van der Waals surface area contributed by atoms with E-state index in [0.717, 1.165) is 49.4 Å². The van der Waals surface area contributed by atoms with Crippen molar-refractivity contribution in [2.24, 2.45) is 0 Å². The molecule has 1 unspecified atom stereocenters. The minimum absolute atomic E-state index is 0.456. The molecule has 3 nitrogen and oxygen atoms in total. The van der Waals surface area contributed by atoms with Crippen LogP contribution in [0.3, 0.4) is 0 Å². The molecule has 0 aromatic heterocycles. The lowest BCUT2D eigenvalue weighted by Crippen LogP contribution is -2.25. The average Bonchev–Trinajstić information content (AvgIpc) is 2.46. The molecule has 114 valence electrons. The minimum Gasteiger partial charge on any atom is -0.493 e. The predicted molar refractivity (Wildman–Crippen MR) is 84.3 cm³/mol. The molecule has 0 saturated heterocycles. The molecule has 0 fully saturated rings. The van der Waals surface area contributed by atoms with Crippen LogP contribution in [0.5, 0.6) is 5.75 Å². The fourth-order valence-corrected chi connectivity index (χ4v) is 2.27. The molecule has 0 aliphatic rings. The van der Waals surface area contributed by atoms with Crippen LogP contribution in [0, 0.1) is 6.92 Å². The average molecular weight is 279 g/mol. The van der Waals surface area contributed by atoms with Crippen LogP contribution in [0.25, 0.3) is 0 Å². The van der Waals surface area contributed by atoms with E-state index in [4.69, 9.17) is 4.74 Å². The number of rotatable bonds is 9. The standard InChI is InChI=1S/C17H29NO2/c1-5-12-20-17-9-8-14(4)13-15(17)16(19)10-11-18(6-2)7-3/h8-9,13,16,19H,5-7,10-12H2,1-4H3. The van der Waals surface area contributed by atoms with Gasteiger partial charge in [-0.25, -0.2) is 0 Å². The third-order valence-corrected chi connectivity index (χ3v) is 3.60. The Morgan fingerprint density at radius 2 is 1.90 bits per heavy atom. The topological polar surface area (TPSA) is 32.7 Å². The van der Waals surface area contributed by atoms with Gasteiger partial charge in [-0.3, -0.25) is 0 Å². The summed E-state index contributed by atoms with van der Waals surface area (Å²) in [5, 5.41) is 10.5. The Morgan fingerprint density at radius 3 is 2.50 bits per heavy atom. The van der Waals surface area contributed by atoms with Gasteiger partial charge in [0.15, 0.2) is 0 Å². The van der Waals surface area contributed by atoms with E-state index in [0.29, 0.717) is 6.61 Å². The van der Waals surface area contributed by atoms with Crippen molar-refractivity contribution >= 4 is 0 Å². The highest BCUT2D eigenvalue weighted by atomic mass is 16.5. The SMILES string of the molecule is CCCOc1ccc(C)cc1C(O)CCN(CC)CC. The molecule has 1 atom stereocenters. The van der Waals surface area contributed by atoms with Crippen LogP contribution in [0.4, 0.5) is 0 Å². The Balaban J connectivity index is 2.74. The molecular formula is C17H29NO2. The number of nitrogens with zero attached hydrogens (tertiary/aromatic N) is 1. The molecule has 0 aliphatic carbocycles. The second kappa shape index (κ2) is 8.98. The largest absolute Gasteiger partial charge is 0.493 e. The second-order valence-corrected chi connectivity index (χ2v) is 5.22. The number of aliphatic hydroxyl groups excluding tert-OH is 1.